The second kappa shape index (κ2) is 8.75. The van der Waals surface area contributed by atoms with E-state index in [1.807, 2.05) is 18.2 Å². The summed E-state index contributed by atoms with van der Waals surface area (Å²) < 4.78 is 22.9. The van der Waals surface area contributed by atoms with Gasteiger partial charge >= 0.3 is 0 Å². The van der Waals surface area contributed by atoms with Crippen LogP contribution in [0.25, 0.3) is 0 Å². The van der Waals surface area contributed by atoms with Crippen LogP contribution in [0.4, 0.5) is 4.39 Å². The third kappa shape index (κ3) is 5.07. The predicted octanol–water partition coefficient (Wildman–Crippen LogP) is 3.49. The van der Waals surface area contributed by atoms with Gasteiger partial charge in [0.1, 0.15) is 0 Å². The average molecular weight is 269 g/mol. The molecule has 3 nitrogen and oxygen atoms in total. The molecular formula is C15H24FNO2. The van der Waals surface area contributed by atoms with Gasteiger partial charge in [-0.25, -0.2) is 0 Å². The number of nitrogens with one attached hydrogen (secondary N) is 1. The quantitative estimate of drug-likeness (QED) is 0.696. The zero-order valence-electron chi connectivity index (χ0n) is 12.0. The van der Waals surface area contributed by atoms with Gasteiger partial charge in [0, 0.05) is 12.5 Å². The molecule has 0 radical (unpaired) electrons. The van der Waals surface area contributed by atoms with Crippen molar-refractivity contribution in [2.45, 2.75) is 32.7 Å². The van der Waals surface area contributed by atoms with Crippen LogP contribution in [0.2, 0.25) is 0 Å². The van der Waals surface area contributed by atoms with Gasteiger partial charge in [-0.3, -0.25) is 4.39 Å². The molecule has 1 rings (SSSR count). The van der Waals surface area contributed by atoms with E-state index in [1.54, 1.807) is 7.11 Å². The fraction of sp³-hybridized carbons (Fsp3) is 0.600. The molecule has 0 bridgehead atoms. The van der Waals surface area contributed by atoms with Crippen molar-refractivity contribution in [1.82, 2.24) is 5.32 Å². The van der Waals surface area contributed by atoms with E-state index in [4.69, 9.17) is 9.47 Å². The molecule has 0 aliphatic heterocycles. The van der Waals surface area contributed by atoms with Crippen molar-refractivity contribution in [2.75, 3.05) is 26.9 Å². The number of rotatable bonds is 9. The number of ether oxygens (including phenoxy) is 2. The SMILES string of the molecule is CCCNC(C)c1ccc(OCCCF)c(OC)c1. The molecule has 0 aliphatic carbocycles. The summed E-state index contributed by atoms with van der Waals surface area (Å²) in [6.45, 7) is 5.25. The fourth-order valence-electron chi connectivity index (χ4n) is 1.79. The number of halogens is 1. The molecule has 1 unspecified atom stereocenters. The molecule has 4 heteroatoms. The van der Waals surface area contributed by atoms with E-state index in [0.29, 0.717) is 24.5 Å². The van der Waals surface area contributed by atoms with Crippen molar-refractivity contribution in [1.29, 1.82) is 0 Å². The van der Waals surface area contributed by atoms with Crippen LogP contribution in [-0.2, 0) is 0 Å². The van der Waals surface area contributed by atoms with Crippen molar-refractivity contribution >= 4 is 0 Å². The predicted molar refractivity (Wildman–Crippen MR) is 75.8 cm³/mol. The summed E-state index contributed by atoms with van der Waals surface area (Å²) in [6.07, 6.45) is 1.51. The Morgan fingerprint density at radius 3 is 2.74 bits per heavy atom. The monoisotopic (exact) mass is 269 g/mol. The molecule has 19 heavy (non-hydrogen) atoms. The zero-order valence-corrected chi connectivity index (χ0v) is 12.0. The van der Waals surface area contributed by atoms with Crippen molar-refractivity contribution < 1.29 is 13.9 Å². The second-order valence-corrected chi connectivity index (χ2v) is 4.48. The molecule has 0 saturated carbocycles. The van der Waals surface area contributed by atoms with Crippen LogP contribution in [0.1, 0.15) is 38.3 Å². The van der Waals surface area contributed by atoms with Gasteiger partial charge in [0.25, 0.3) is 0 Å². The smallest absolute Gasteiger partial charge is 0.161 e. The van der Waals surface area contributed by atoms with Crippen molar-refractivity contribution in [3.05, 3.63) is 23.8 Å². The summed E-state index contributed by atoms with van der Waals surface area (Å²) in [5, 5.41) is 3.43. The summed E-state index contributed by atoms with van der Waals surface area (Å²) in [5.74, 6) is 1.36. The van der Waals surface area contributed by atoms with Gasteiger partial charge in [0.05, 0.1) is 20.4 Å². The van der Waals surface area contributed by atoms with Crippen LogP contribution in [0.3, 0.4) is 0 Å². The molecule has 0 fully saturated rings. The van der Waals surface area contributed by atoms with Crippen LogP contribution in [0.5, 0.6) is 11.5 Å². The van der Waals surface area contributed by atoms with Crippen molar-refractivity contribution in [3.63, 3.8) is 0 Å². The lowest BCUT2D eigenvalue weighted by atomic mass is 10.1. The highest BCUT2D eigenvalue weighted by Crippen LogP contribution is 2.30. The third-order valence-corrected chi connectivity index (χ3v) is 2.92. The van der Waals surface area contributed by atoms with E-state index in [2.05, 4.69) is 19.2 Å². The lowest BCUT2D eigenvalue weighted by Gasteiger charge is -2.16. The molecule has 0 heterocycles. The van der Waals surface area contributed by atoms with Gasteiger partial charge in [-0.05, 0) is 37.6 Å². The van der Waals surface area contributed by atoms with Gasteiger partial charge < -0.3 is 14.8 Å². The molecule has 1 aromatic carbocycles. The highest BCUT2D eigenvalue weighted by Gasteiger charge is 2.10. The molecule has 1 aromatic rings. The van der Waals surface area contributed by atoms with Crippen molar-refractivity contribution in [3.8, 4) is 11.5 Å². The Kier molecular flexibility index (Phi) is 7.26. The highest BCUT2D eigenvalue weighted by atomic mass is 19.1. The first kappa shape index (κ1) is 15.8. The Bertz CT molecular complexity index is 371. The minimum Gasteiger partial charge on any atom is -0.493 e. The standard InChI is InChI=1S/C15H24FNO2/c1-4-9-17-12(2)13-6-7-14(15(11-13)18-3)19-10-5-8-16/h6-7,11-12,17H,4-5,8-10H2,1-3H3. The Balaban J connectivity index is 2.71. The van der Waals surface area contributed by atoms with Crippen molar-refractivity contribution in [2.24, 2.45) is 0 Å². The van der Waals surface area contributed by atoms with E-state index >= 15 is 0 Å². The summed E-state index contributed by atoms with van der Waals surface area (Å²) in [4.78, 5) is 0. The van der Waals surface area contributed by atoms with Gasteiger partial charge in [-0.2, -0.15) is 0 Å². The molecule has 0 aromatic heterocycles. The number of hydrogen-bond donors (Lipinski definition) is 1. The summed E-state index contributed by atoms with van der Waals surface area (Å²) >= 11 is 0. The van der Waals surface area contributed by atoms with Crippen LogP contribution in [0, 0.1) is 0 Å². The Morgan fingerprint density at radius 2 is 2.11 bits per heavy atom. The first-order chi connectivity index (χ1) is 9.22. The van der Waals surface area contributed by atoms with Crippen LogP contribution in [-0.4, -0.2) is 26.9 Å². The van der Waals surface area contributed by atoms with Crippen LogP contribution >= 0.6 is 0 Å². The zero-order chi connectivity index (χ0) is 14.1. The first-order valence-corrected chi connectivity index (χ1v) is 6.83. The summed E-state index contributed by atoms with van der Waals surface area (Å²) in [5.41, 5.74) is 1.16. The fourth-order valence-corrected chi connectivity index (χ4v) is 1.79. The Morgan fingerprint density at radius 1 is 1.32 bits per heavy atom. The number of hydrogen-bond acceptors (Lipinski definition) is 3. The third-order valence-electron chi connectivity index (χ3n) is 2.92. The maximum Gasteiger partial charge on any atom is 0.161 e. The number of alkyl halides is 1. The lowest BCUT2D eigenvalue weighted by Crippen LogP contribution is -2.19. The van der Waals surface area contributed by atoms with Gasteiger partial charge in [0.2, 0.25) is 0 Å². The van der Waals surface area contributed by atoms with Crippen LogP contribution < -0.4 is 14.8 Å². The maximum atomic E-state index is 12.0. The normalized spacial score (nSPS) is 12.2. The van der Waals surface area contributed by atoms with Crippen LogP contribution in [0.15, 0.2) is 18.2 Å². The minimum atomic E-state index is -0.363. The summed E-state index contributed by atoms with van der Waals surface area (Å²) in [6, 6.07) is 6.14. The lowest BCUT2D eigenvalue weighted by molar-refractivity contribution is 0.273. The van der Waals surface area contributed by atoms with E-state index < -0.39 is 0 Å². The molecule has 1 N–H and O–H groups in total. The number of benzene rings is 1. The van der Waals surface area contributed by atoms with Gasteiger partial charge in [-0.1, -0.05) is 13.0 Å². The molecule has 108 valence electrons. The number of methoxy groups -OCH3 is 1. The molecular weight excluding hydrogens is 245 g/mol. The topological polar surface area (TPSA) is 30.5 Å². The second-order valence-electron chi connectivity index (χ2n) is 4.48. The highest BCUT2D eigenvalue weighted by molar-refractivity contribution is 5.43. The molecule has 0 aliphatic rings. The van der Waals surface area contributed by atoms with E-state index in [1.165, 1.54) is 0 Å². The van der Waals surface area contributed by atoms with Gasteiger partial charge in [0.15, 0.2) is 11.5 Å². The molecule has 1 atom stereocenters. The van der Waals surface area contributed by atoms with E-state index in [-0.39, 0.29) is 12.7 Å². The van der Waals surface area contributed by atoms with E-state index in [0.717, 1.165) is 18.5 Å². The Labute approximate surface area is 115 Å². The first-order valence-electron chi connectivity index (χ1n) is 6.83. The minimum absolute atomic E-state index is 0.272. The molecule has 0 spiro atoms. The average Bonchev–Trinajstić information content (AvgIpc) is 2.45. The summed E-state index contributed by atoms with van der Waals surface area (Å²) in [7, 11) is 1.62. The largest absolute Gasteiger partial charge is 0.493 e. The maximum absolute atomic E-state index is 12.0. The molecule has 0 amide bonds. The Hall–Kier alpha value is -1.29. The molecule has 0 saturated heterocycles. The van der Waals surface area contributed by atoms with Gasteiger partial charge in [-0.15, -0.1) is 0 Å². The van der Waals surface area contributed by atoms with E-state index in [9.17, 15) is 4.39 Å².